The predicted molar refractivity (Wildman–Crippen MR) is 74.7 cm³/mol. The van der Waals surface area contributed by atoms with Gasteiger partial charge < -0.3 is 5.32 Å². The first kappa shape index (κ1) is 11.3. The summed E-state index contributed by atoms with van der Waals surface area (Å²) < 4.78 is 0. The van der Waals surface area contributed by atoms with Crippen LogP contribution >= 0.6 is 0 Å². The third-order valence-electron chi connectivity index (χ3n) is 3.55. The van der Waals surface area contributed by atoms with E-state index in [1.54, 1.807) is 0 Å². The van der Waals surface area contributed by atoms with Crippen LogP contribution in [0.15, 0.2) is 42.6 Å². The first-order chi connectivity index (χ1) is 8.83. The third-order valence-corrected chi connectivity index (χ3v) is 3.55. The molecule has 2 heteroatoms. The SMILES string of the molecule is Cc1cccc(NC2CCCc3cccnc32)c1. The summed E-state index contributed by atoms with van der Waals surface area (Å²) in [6.45, 7) is 2.12. The maximum Gasteiger partial charge on any atom is 0.0688 e. The van der Waals surface area contributed by atoms with Crippen LogP contribution < -0.4 is 5.32 Å². The van der Waals surface area contributed by atoms with Crippen LogP contribution in [0.3, 0.4) is 0 Å². The first-order valence-corrected chi connectivity index (χ1v) is 6.60. The van der Waals surface area contributed by atoms with Crippen molar-refractivity contribution in [3.63, 3.8) is 0 Å². The Morgan fingerprint density at radius 3 is 3.06 bits per heavy atom. The molecular weight excluding hydrogens is 220 g/mol. The summed E-state index contributed by atoms with van der Waals surface area (Å²) in [5.41, 5.74) is 5.11. The minimum atomic E-state index is 0.358. The molecule has 1 atom stereocenters. The van der Waals surface area contributed by atoms with Crippen molar-refractivity contribution in [2.45, 2.75) is 32.2 Å². The molecule has 18 heavy (non-hydrogen) atoms. The third kappa shape index (κ3) is 2.23. The van der Waals surface area contributed by atoms with Crippen molar-refractivity contribution in [2.24, 2.45) is 0 Å². The summed E-state index contributed by atoms with van der Waals surface area (Å²) in [5.74, 6) is 0. The minimum absolute atomic E-state index is 0.358. The Morgan fingerprint density at radius 2 is 2.17 bits per heavy atom. The van der Waals surface area contributed by atoms with E-state index in [9.17, 15) is 0 Å². The van der Waals surface area contributed by atoms with Crippen molar-refractivity contribution in [2.75, 3.05) is 5.32 Å². The minimum Gasteiger partial charge on any atom is -0.377 e. The Morgan fingerprint density at radius 1 is 1.22 bits per heavy atom. The zero-order valence-corrected chi connectivity index (χ0v) is 10.7. The van der Waals surface area contributed by atoms with Gasteiger partial charge >= 0.3 is 0 Å². The Hall–Kier alpha value is -1.83. The van der Waals surface area contributed by atoms with Crippen molar-refractivity contribution >= 4 is 5.69 Å². The highest BCUT2D eigenvalue weighted by Crippen LogP contribution is 2.30. The van der Waals surface area contributed by atoms with Gasteiger partial charge in [0.25, 0.3) is 0 Å². The van der Waals surface area contributed by atoms with Crippen LogP contribution in [0.25, 0.3) is 0 Å². The van der Waals surface area contributed by atoms with Gasteiger partial charge in [0.05, 0.1) is 11.7 Å². The van der Waals surface area contributed by atoms with E-state index in [4.69, 9.17) is 0 Å². The standard InChI is InChI=1S/C16H18N2/c1-12-5-2-8-14(11-12)18-15-9-3-6-13-7-4-10-17-16(13)15/h2,4-5,7-8,10-11,15,18H,3,6,9H2,1H3. The summed E-state index contributed by atoms with van der Waals surface area (Å²) in [4.78, 5) is 4.56. The Bertz CT molecular complexity index is 548. The number of hydrogen-bond donors (Lipinski definition) is 1. The number of nitrogens with one attached hydrogen (secondary N) is 1. The number of fused-ring (bicyclic) bond motifs is 1. The van der Waals surface area contributed by atoms with Crippen LogP contribution in [0.1, 0.15) is 35.7 Å². The topological polar surface area (TPSA) is 24.9 Å². The number of aryl methyl sites for hydroxylation is 2. The average molecular weight is 238 g/mol. The summed E-state index contributed by atoms with van der Waals surface area (Å²) in [5, 5.41) is 3.62. The summed E-state index contributed by atoms with van der Waals surface area (Å²) in [6, 6.07) is 13.1. The predicted octanol–water partition coefficient (Wildman–Crippen LogP) is 3.88. The van der Waals surface area contributed by atoms with Gasteiger partial charge in [0.2, 0.25) is 0 Å². The second-order valence-corrected chi connectivity index (χ2v) is 5.01. The molecule has 1 unspecified atom stereocenters. The van der Waals surface area contributed by atoms with Crippen molar-refractivity contribution in [1.82, 2.24) is 4.98 Å². The molecule has 0 radical (unpaired) electrons. The van der Waals surface area contributed by atoms with E-state index in [1.165, 1.54) is 28.9 Å². The average Bonchev–Trinajstić information content (AvgIpc) is 2.39. The zero-order valence-electron chi connectivity index (χ0n) is 10.7. The van der Waals surface area contributed by atoms with Gasteiger partial charge in [0, 0.05) is 11.9 Å². The summed E-state index contributed by atoms with van der Waals surface area (Å²) >= 11 is 0. The molecule has 1 aliphatic rings. The van der Waals surface area contributed by atoms with Gasteiger partial charge in [-0.3, -0.25) is 4.98 Å². The number of anilines is 1. The molecule has 0 amide bonds. The normalized spacial score (nSPS) is 18.2. The number of pyridine rings is 1. The highest BCUT2D eigenvalue weighted by molar-refractivity contribution is 5.48. The molecule has 1 heterocycles. The van der Waals surface area contributed by atoms with Crippen molar-refractivity contribution in [3.8, 4) is 0 Å². The Balaban J connectivity index is 1.86. The second-order valence-electron chi connectivity index (χ2n) is 5.01. The van der Waals surface area contributed by atoms with Crippen LogP contribution in [-0.4, -0.2) is 4.98 Å². The van der Waals surface area contributed by atoms with Crippen LogP contribution in [-0.2, 0) is 6.42 Å². The maximum atomic E-state index is 4.56. The van der Waals surface area contributed by atoms with Gasteiger partial charge in [0.1, 0.15) is 0 Å². The Kier molecular flexibility index (Phi) is 3.01. The van der Waals surface area contributed by atoms with E-state index in [-0.39, 0.29) is 0 Å². The fourth-order valence-corrected chi connectivity index (χ4v) is 2.69. The molecule has 2 aromatic rings. The smallest absolute Gasteiger partial charge is 0.0688 e. The fourth-order valence-electron chi connectivity index (χ4n) is 2.69. The second kappa shape index (κ2) is 4.81. The van der Waals surface area contributed by atoms with Crippen LogP contribution in [0, 0.1) is 6.92 Å². The van der Waals surface area contributed by atoms with E-state index in [1.807, 2.05) is 12.3 Å². The molecule has 0 aliphatic heterocycles. The molecule has 0 saturated carbocycles. The number of hydrogen-bond acceptors (Lipinski definition) is 2. The van der Waals surface area contributed by atoms with E-state index in [2.05, 4.69) is 47.6 Å². The first-order valence-electron chi connectivity index (χ1n) is 6.60. The van der Waals surface area contributed by atoms with Gasteiger partial charge in [-0.15, -0.1) is 0 Å². The molecule has 0 spiro atoms. The highest BCUT2D eigenvalue weighted by Gasteiger charge is 2.20. The van der Waals surface area contributed by atoms with E-state index >= 15 is 0 Å². The summed E-state index contributed by atoms with van der Waals surface area (Å²) in [6.07, 6.45) is 5.46. The maximum absolute atomic E-state index is 4.56. The van der Waals surface area contributed by atoms with Gasteiger partial charge in [-0.25, -0.2) is 0 Å². The number of nitrogens with zero attached hydrogens (tertiary/aromatic N) is 1. The van der Waals surface area contributed by atoms with Crippen LogP contribution in [0.2, 0.25) is 0 Å². The quantitative estimate of drug-likeness (QED) is 0.858. The molecule has 0 fully saturated rings. The van der Waals surface area contributed by atoms with Crippen LogP contribution in [0.5, 0.6) is 0 Å². The number of aromatic nitrogens is 1. The lowest BCUT2D eigenvalue weighted by atomic mass is 9.92. The monoisotopic (exact) mass is 238 g/mol. The Labute approximate surface area is 108 Å². The number of rotatable bonds is 2. The number of benzene rings is 1. The van der Waals surface area contributed by atoms with Crippen molar-refractivity contribution in [1.29, 1.82) is 0 Å². The fraction of sp³-hybridized carbons (Fsp3) is 0.312. The van der Waals surface area contributed by atoms with Crippen LogP contribution in [0.4, 0.5) is 5.69 Å². The molecule has 1 aromatic heterocycles. The molecular formula is C16H18N2. The molecule has 3 rings (SSSR count). The molecule has 0 saturated heterocycles. The van der Waals surface area contributed by atoms with E-state index in [0.29, 0.717) is 6.04 Å². The molecule has 92 valence electrons. The van der Waals surface area contributed by atoms with Crippen molar-refractivity contribution in [3.05, 3.63) is 59.4 Å². The lowest BCUT2D eigenvalue weighted by molar-refractivity contribution is 0.583. The van der Waals surface area contributed by atoms with Crippen molar-refractivity contribution < 1.29 is 0 Å². The van der Waals surface area contributed by atoms with E-state index < -0.39 is 0 Å². The van der Waals surface area contributed by atoms with Gasteiger partial charge in [-0.2, -0.15) is 0 Å². The van der Waals surface area contributed by atoms with Gasteiger partial charge in [-0.05, 0) is 55.5 Å². The lowest BCUT2D eigenvalue weighted by Gasteiger charge is -2.26. The van der Waals surface area contributed by atoms with E-state index in [0.717, 1.165) is 12.8 Å². The lowest BCUT2D eigenvalue weighted by Crippen LogP contribution is -2.18. The van der Waals surface area contributed by atoms with Gasteiger partial charge in [-0.1, -0.05) is 18.2 Å². The molecule has 2 nitrogen and oxygen atoms in total. The zero-order chi connectivity index (χ0) is 12.4. The molecule has 0 bridgehead atoms. The highest BCUT2D eigenvalue weighted by atomic mass is 14.9. The molecule has 1 aromatic carbocycles. The summed E-state index contributed by atoms with van der Waals surface area (Å²) in [7, 11) is 0. The van der Waals surface area contributed by atoms with Gasteiger partial charge in [0.15, 0.2) is 0 Å². The molecule has 1 aliphatic carbocycles. The largest absolute Gasteiger partial charge is 0.377 e. The molecule has 1 N–H and O–H groups in total.